The highest BCUT2D eigenvalue weighted by Crippen LogP contribution is 2.11. The van der Waals surface area contributed by atoms with Crippen molar-refractivity contribution in [3.63, 3.8) is 0 Å². The molecule has 2 unspecified atom stereocenters. The van der Waals surface area contributed by atoms with Gasteiger partial charge in [-0.25, -0.2) is 4.39 Å². The molecule has 108 valence electrons. The molecular formula is C14H16FNO3S. The first-order chi connectivity index (χ1) is 9.43. The zero-order chi connectivity index (χ0) is 15.1. The van der Waals surface area contributed by atoms with Crippen LogP contribution in [0.15, 0.2) is 18.2 Å². The number of nitrogens with one attached hydrogen (secondary N) is 1. The fraction of sp³-hybridized carbons (Fsp3) is 0.357. The molecule has 0 saturated heterocycles. The summed E-state index contributed by atoms with van der Waals surface area (Å²) in [5, 5.41) is 11.3. The van der Waals surface area contributed by atoms with Crippen LogP contribution in [0.1, 0.15) is 22.8 Å². The van der Waals surface area contributed by atoms with E-state index in [1.807, 2.05) is 0 Å². The van der Waals surface area contributed by atoms with Gasteiger partial charge < -0.3 is 10.4 Å². The highest BCUT2D eigenvalue weighted by atomic mass is 32.2. The molecule has 0 aliphatic carbocycles. The number of hydrogen-bond donors (Lipinski definition) is 2. The lowest BCUT2D eigenvalue weighted by molar-refractivity contribution is 0.0943. The van der Waals surface area contributed by atoms with Crippen molar-refractivity contribution in [2.45, 2.75) is 13.0 Å². The van der Waals surface area contributed by atoms with E-state index in [0.29, 0.717) is 11.3 Å². The highest BCUT2D eigenvalue weighted by molar-refractivity contribution is 7.84. The first-order valence-corrected chi connectivity index (χ1v) is 7.67. The number of aliphatic hydroxyl groups excluding tert-OH is 1. The van der Waals surface area contributed by atoms with Crippen LogP contribution in [0.3, 0.4) is 0 Å². The molecule has 0 heterocycles. The second-order valence-electron chi connectivity index (χ2n) is 4.26. The molecular weight excluding hydrogens is 281 g/mol. The van der Waals surface area contributed by atoms with E-state index in [1.165, 1.54) is 12.1 Å². The number of rotatable bonds is 4. The molecule has 0 aliphatic heterocycles. The predicted octanol–water partition coefficient (Wildman–Crippen LogP) is 0.666. The van der Waals surface area contributed by atoms with Crippen LogP contribution in [0.5, 0.6) is 0 Å². The maximum Gasteiger partial charge on any atom is 0.252 e. The van der Waals surface area contributed by atoms with E-state index in [0.717, 1.165) is 6.07 Å². The molecule has 0 fully saturated rings. The summed E-state index contributed by atoms with van der Waals surface area (Å²) in [5.41, 5.74) is 0.433. The van der Waals surface area contributed by atoms with E-state index < -0.39 is 22.5 Å². The molecule has 1 aromatic carbocycles. The minimum atomic E-state index is -1.03. The van der Waals surface area contributed by atoms with Crippen LogP contribution in [0.2, 0.25) is 0 Å². The molecule has 1 rings (SSSR count). The van der Waals surface area contributed by atoms with Gasteiger partial charge in [-0.3, -0.25) is 9.00 Å². The average molecular weight is 297 g/mol. The number of benzene rings is 1. The van der Waals surface area contributed by atoms with Crippen LogP contribution in [0.25, 0.3) is 0 Å². The summed E-state index contributed by atoms with van der Waals surface area (Å²) in [5.74, 6) is 4.31. The Bertz CT molecular complexity index is 578. The van der Waals surface area contributed by atoms with Gasteiger partial charge in [-0.05, 0) is 25.1 Å². The van der Waals surface area contributed by atoms with Gasteiger partial charge in [0.1, 0.15) is 12.4 Å². The number of halogens is 1. The summed E-state index contributed by atoms with van der Waals surface area (Å²) in [4.78, 5) is 12.1. The van der Waals surface area contributed by atoms with Gasteiger partial charge in [0.05, 0.1) is 5.56 Å². The fourth-order valence-electron chi connectivity index (χ4n) is 1.64. The fourth-order valence-corrected chi connectivity index (χ4v) is 2.43. The Balaban J connectivity index is 2.96. The van der Waals surface area contributed by atoms with Crippen molar-refractivity contribution in [3.05, 3.63) is 35.1 Å². The van der Waals surface area contributed by atoms with Crippen LogP contribution in [0, 0.1) is 17.7 Å². The van der Waals surface area contributed by atoms with Crippen LogP contribution < -0.4 is 5.32 Å². The average Bonchev–Trinajstić information content (AvgIpc) is 2.36. The maximum atomic E-state index is 13.3. The van der Waals surface area contributed by atoms with Gasteiger partial charge in [-0.15, -0.1) is 0 Å². The molecule has 0 bridgehead atoms. The van der Waals surface area contributed by atoms with Gasteiger partial charge in [0.2, 0.25) is 0 Å². The maximum absolute atomic E-state index is 13.3. The first kappa shape index (κ1) is 16.3. The Hall–Kier alpha value is -1.71. The lowest BCUT2D eigenvalue weighted by atomic mass is 10.1. The Kier molecular flexibility index (Phi) is 6.36. The number of aliphatic hydroxyl groups is 1. The van der Waals surface area contributed by atoms with Gasteiger partial charge >= 0.3 is 0 Å². The molecule has 0 aromatic heterocycles. The van der Waals surface area contributed by atoms with Crippen molar-refractivity contribution < 1.29 is 18.5 Å². The molecule has 0 aliphatic rings. The SMILES string of the molecule is CC(CS(C)=O)NC(=O)c1cc(F)ccc1C#CCO. The van der Waals surface area contributed by atoms with Gasteiger partial charge in [0.15, 0.2) is 0 Å². The smallest absolute Gasteiger partial charge is 0.252 e. The first-order valence-electron chi connectivity index (χ1n) is 5.94. The van der Waals surface area contributed by atoms with Crippen molar-refractivity contribution in [1.29, 1.82) is 0 Å². The summed E-state index contributed by atoms with van der Waals surface area (Å²) in [6.45, 7) is 1.38. The largest absolute Gasteiger partial charge is 0.384 e. The second-order valence-corrected chi connectivity index (χ2v) is 5.74. The number of carbonyl (C=O) groups excluding carboxylic acids is 1. The summed E-state index contributed by atoms with van der Waals surface area (Å²) in [6.07, 6.45) is 1.54. The van der Waals surface area contributed by atoms with Crippen LogP contribution in [-0.2, 0) is 10.8 Å². The molecule has 2 N–H and O–H groups in total. The summed E-state index contributed by atoms with van der Waals surface area (Å²) in [6, 6.07) is 3.38. The minimum Gasteiger partial charge on any atom is -0.384 e. The summed E-state index contributed by atoms with van der Waals surface area (Å²) < 4.78 is 24.3. The van der Waals surface area contributed by atoms with Gasteiger partial charge in [0, 0.05) is 34.4 Å². The normalized spacial score (nSPS) is 13.0. The summed E-state index contributed by atoms with van der Waals surface area (Å²) >= 11 is 0. The van der Waals surface area contributed by atoms with Crippen molar-refractivity contribution >= 4 is 16.7 Å². The van der Waals surface area contributed by atoms with E-state index in [-0.39, 0.29) is 18.2 Å². The van der Waals surface area contributed by atoms with E-state index in [1.54, 1.807) is 13.2 Å². The van der Waals surface area contributed by atoms with E-state index in [4.69, 9.17) is 5.11 Å². The lowest BCUT2D eigenvalue weighted by Crippen LogP contribution is -2.36. The zero-order valence-corrected chi connectivity index (χ0v) is 12.1. The van der Waals surface area contributed by atoms with Gasteiger partial charge in [0.25, 0.3) is 5.91 Å². The van der Waals surface area contributed by atoms with Crippen LogP contribution in [0.4, 0.5) is 4.39 Å². The van der Waals surface area contributed by atoms with Crippen molar-refractivity contribution in [1.82, 2.24) is 5.32 Å². The molecule has 4 nitrogen and oxygen atoms in total. The molecule has 0 saturated carbocycles. The zero-order valence-electron chi connectivity index (χ0n) is 11.3. The van der Waals surface area contributed by atoms with E-state index in [9.17, 15) is 13.4 Å². The number of hydrogen-bond acceptors (Lipinski definition) is 3. The molecule has 0 radical (unpaired) electrons. The Morgan fingerprint density at radius 3 is 2.85 bits per heavy atom. The molecule has 2 atom stereocenters. The minimum absolute atomic E-state index is 0.0969. The van der Waals surface area contributed by atoms with Crippen LogP contribution in [-0.4, -0.2) is 39.9 Å². The van der Waals surface area contributed by atoms with Crippen molar-refractivity contribution in [2.24, 2.45) is 0 Å². The molecule has 1 aromatic rings. The molecule has 20 heavy (non-hydrogen) atoms. The third kappa shape index (κ3) is 5.11. The highest BCUT2D eigenvalue weighted by Gasteiger charge is 2.14. The Labute approximate surface area is 119 Å². The predicted molar refractivity (Wildman–Crippen MR) is 76.2 cm³/mol. The molecule has 1 amide bonds. The standard InChI is InChI=1S/C14H16FNO3S/c1-10(9-20(2)19)16-14(18)13-8-12(15)6-5-11(13)4-3-7-17/h5-6,8,10,17H,7,9H2,1-2H3,(H,16,18). The van der Waals surface area contributed by atoms with Gasteiger partial charge in [-0.1, -0.05) is 11.8 Å². The molecule has 0 spiro atoms. The number of amides is 1. The topological polar surface area (TPSA) is 66.4 Å². The Morgan fingerprint density at radius 1 is 1.55 bits per heavy atom. The third-order valence-corrected chi connectivity index (χ3v) is 3.36. The monoisotopic (exact) mass is 297 g/mol. The molecule has 6 heteroatoms. The third-order valence-electron chi connectivity index (χ3n) is 2.39. The van der Waals surface area contributed by atoms with E-state index in [2.05, 4.69) is 17.2 Å². The number of carbonyl (C=O) groups is 1. The second kappa shape index (κ2) is 7.78. The lowest BCUT2D eigenvalue weighted by Gasteiger charge is -2.13. The Morgan fingerprint density at radius 2 is 2.25 bits per heavy atom. The van der Waals surface area contributed by atoms with Crippen LogP contribution >= 0.6 is 0 Å². The summed E-state index contributed by atoms with van der Waals surface area (Å²) in [7, 11) is -1.03. The van der Waals surface area contributed by atoms with Crippen molar-refractivity contribution in [2.75, 3.05) is 18.6 Å². The van der Waals surface area contributed by atoms with E-state index >= 15 is 0 Å². The quantitative estimate of drug-likeness (QED) is 0.803. The van der Waals surface area contributed by atoms with Crippen molar-refractivity contribution in [3.8, 4) is 11.8 Å². The van der Waals surface area contributed by atoms with Gasteiger partial charge in [-0.2, -0.15) is 0 Å².